The molecule has 0 unspecified atom stereocenters. The maximum atomic E-state index is 12.6. The van der Waals surface area contributed by atoms with E-state index in [4.69, 9.17) is 4.74 Å². The van der Waals surface area contributed by atoms with E-state index < -0.39 is 0 Å². The van der Waals surface area contributed by atoms with Gasteiger partial charge in [-0.2, -0.15) is 0 Å². The Balaban J connectivity index is 1.67. The van der Waals surface area contributed by atoms with Crippen molar-refractivity contribution in [3.63, 3.8) is 0 Å². The molecule has 1 saturated carbocycles. The second kappa shape index (κ2) is 10.8. The largest absolute Gasteiger partial charge is 0.494 e. The number of rotatable bonds is 9. The van der Waals surface area contributed by atoms with Gasteiger partial charge in [-0.25, -0.2) is 0 Å². The van der Waals surface area contributed by atoms with Crippen molar-refractivity contribution in [3.05, 3.63) is 30.3 Å². The van der Waals surface area contributed by atoms with E-state index in [-0.39, 0.29) is 11.3 Å². The molecule has 150 valence electrons. The van der Waals surface area contributed by atoms with E-state index in [1.165, 1.54) is 0 Å². The van der Waals surface area contributed by atoms with Crippen molar-refractivity contribution in [1.29, 1.82) is 0 Å². The molecule has 1 aromatic carbocycles. The number of nitrogens with zero attached hydrogens (tertiary/aromatic N) is 2. The highest BCUT2D eigenvalue weighted by molar-refractivity contribution is 5.85. The quantitative estimate of drug-likeness (QED) is 0.396. The Morgan fingerprint density at radius 2 is 1.85 bits per heavy atom. The summed E-state index contributed by atoms with van der Waals surface area (Å²) in [7, 11) is 5.45. The lowest BCUT2D eigenvalue weighted by atomic mass is 9.84. The highest BCUT2D eigenvalue weighted by atomic mass is 16.5. The average Bonchev–Trinajstić information content (AvgIpc) is 3.17. The van der Waals surface area contributed by atoms with E-state index in [9.17, 15) is 4.79 Å². The van der Waals surface area contributed by atoms with E-state index >= 15 is 0 Å². The molecule has 0 heterocycles. The predicted octanol–water partition coefficient (Wildman–Crippen LogP) is 2.66. The van der Waals surface area contributed by atoms with Crippen molar-refractivity contribution in [3.8, 4) is 5.75 Å². The van der Waals surface area contributed by atoms with Gasteiger partial charge in [-0.05, 0) is 37.8 Å². The van der Waals surface area contributed by atoms with Gasteiger partial charge >= 0.3 is 0 Å². The smallest absolute Gasteiger partial charge is 0.230 e. The van der Waals surface area contributed by atoms with Crippen LogP contribution in [-0.2, 0) is 4.79 Å². The highest BCUT2D eigenvalue weighted by Gasteiger charge is 2.42. The molecule has 1 aliphatic carbocycles. The van der Waals surface area contributed by atoms with Gasteiger partial charge in [0.15, 0.2) is 5.96 Å². The number of amides is 1. The lowest BCUT2D eigenvalue weighted by Crippen LogP contribution is -2.49. The van der Waals surface area contributed by atoms with Crippen LogP contribution < -0.4 is 15.4 Å². The SMILES string of the molecule is CN=C(NCCCCOc1ccccc1)NCC1(C(=O)N(C)C)CCCC1. The summed E-state index contributed by atoms with van der Waals surface area (Å²) in [6.45, 7) is 2.17. The molecule has 2 rings (SSSR count). The summed E-state index contributed by atoms with van der Waals surface area (Å²) >= 11 is 0. The Bertz CT molecular complexity index is 595. The lowest BCUT2D eigenvalue weighted by Gasteiger charge is -2.31. The molecule has 1 aromatic rings. The maximum Gasteiger partial charge on any atom is 0.230 e. The molecule has 27 heavy (non-hydrogen) atoms. The normalized spacial score (nSPS) is 16.0. The first-order valence-electron chi connectivity index (χ1n) is 9.91. The summed E-state index contributed by atoms with van der Waals surface area (Å²) in [5, 5.41) is 6.70. The minimum atomic E-state index is -0.287. The fraction of sp³-hybridized carbons (Fsp3) is 0.619. The van der Waals surface area contributed by atoms with Gasteiger partial charge in [-0.3, -0.25) is 9.79 Å². The number of nitrogens with one attached hydrogen (secondary N) is 2. The minimum absolute atomic E-state index is 0.223. The number of hydrogen-bond donors (Lipinski definition) is 2. The first-order chi connectivity index (χ1) is 13.1. The van der Waals surface area contributed by atoms with Gasteiger partial charge in [-0.15, -0.1) is 0 Å². The van der Waals surface area contributed by atoms with Gasteiger partial charge in [0.25, 0.3) is 0 Å². The van der Waals surface area contributed by atoms with Crippen LogP contribution in [0.1, 0.15) is 38.5 Å². The second-order valence-corrected chi connectivity index (χ2v) is 7.41. The molecule has 0 bridgehead atoms. The molecule has 2 N–H and O–H groups in total. The highest BCUT2D eigenvalue weighted by Crippen LogP contribution is 2.38. The average molecular weight is 375 g/mol. The van der Waals surface area contributed by atoms with Crippen LogP contribution in [0.3, 0.4) is 0 Å². The zero-order valence-electron chi connectivity index (χ0n) is 17.0. The van der Waals surface area contributed by atoms with Crippen LogP contribution >= 0.6 is 0 Å². The number of hydrogen-bond acceptors (Lipinski definition) is 3. The van der Waals surface area contributed by atoms with E-state index in [1.54, 1.807) is 11.9 Å². The van der Waals surface area contributed by atoms with Crippen molar-refractivity contribution in [1.82, 2.24) is 15.5 Å². The monoisotopic (exact) mass is 374 g/mol. The van der Waals surface area contributed by atoms with Gasteiger partial charge in [0.1, 0.15) is 5.75 Å². The molecule has 1 fully saturated rings. The van der Waals surface area contributed by atoms with Crippen LogP contribution in [0, 0.1) is 5.41 Å². The number of unbranched alkanes of at least 4 members (excludes halogenated alkanes) is 1. The van der Waals surface area contributed by atoms with Crippen molar-refractivity contribution >= 4 is 11.9 Å². The summed E-state index contributed by atoms with van der Waals surface area (Å²) in [6, 6.07) is 9.88. The fourth-order valence-corrected chi connectivity index (χ4v) is 3.61. The Morgan fingerprint density at radius 1 is 1.15 bits per heavy atom. The standard InChI is InChI=1S/C21H34N4O2/c1-22-20(23-15-9-10-16-27-18-11-5-4-6-12-18)24-17-21(13-7-8-14-21)19(26)25(2)3/h4-6,11-12H,7-10,13-17H2,1-3H3,(H2,22,23,24). The zero-order valence-corrected chi connectivity index (χ0v) is 17.0. The molecule has 0 saturated heterocycles. The molecule has 1 aliphatic rings. The van der Waals surface area contributed by atoms with Gasteiger partial charge in [0, 0.05) is 34.2 Å². The number of guanidine groups is 1. The van der Waals surface area contributed by atoms with Gasteiger partial charge in [-0.1, -0.05) is 31.0 Å². The summed E-state index contributed by atoms with van der Waals surface area (Å²) in [6.07, 6.45) is 6.11. The van der Waals surface area contributed by atoms with Gasteiger partial charge in [0.05, 0.1) is 12.0 Å². The fourth-order valence-electron chi connectivity index (χ4n) is 3.61. The number of ether oxygens (including phenoxy) is 1. The molecular formula is C21H34N4O2. The van der Waals surface area contributed by atoms with E-state index in [0.29, 0.717) is 13.2 Å². The Kier molecular flexibility index (Phi) is 8.43. The maximum absolute atomic E-state index is 12.6. The third-order valence-corrected chi connectivity index (χ3v) is 5.11. The topological polar surface area (TPSA) is 66.0 Å². The molecule has 0 spiro atoms. The molecule has 6 heteroatoms. The van der Waals surface area contributed by atoms with Crippen molar-refractivity contribution in [2.75, 3.05) is 40.8 Å². The molecule has 0 radical (unpaired) electrons. The Hall–Kier alpha value is -2.24. The molecule has 0 atom stereocenters. The molecule has 0 aliphatic heterocycles. The van der Waals surface area contributed by atoms with Crippen LogP contribution in [0.5, 0.6) is 5.75 Å². The van der Waals surface area contributed by atoms with Crippen LogP contribution in [-0.4, -0.2) is 57.6 Å². The number of benzene rings is 1. The van der Waals surface area contributed by atoms with Crippen LogP contribution in [0.25, 0.3) is 0 Å². The first kappa shape index (κ1) is 21.1. The first-order valence-corrected chi connectivity index (χ1v) is 9.91. The number of para-hydroxylation sites is 1. The third-order valence-electron chi connectivity index (χ3n) is 5.11. The second-order valence-electron chi connectivity index (χ2n) is 7.41. The summed E-state index contributed by atoms with van der Waals surface area (Å²) in [5.41, 5.74) is -0.287. The summed E-state index contributed by atoms with van der Waals surface area (Å²) in [4.78, 5) is 18.6. The van der Waals surface area contributed by atoms with Crippen molar-refractivity contribution in [2.24, 2.45) is 10.4 Å². The van der Waals surface area contributed by atoms with Crippen LogP contribution in [0.15, 0.2) is 35.3 Å². The predicted molar refractivity (Wildman–Crippen MR) is 110 cm³/mol. The number of aliphatic imine (C=N–C) groups is 1. The van der Waals surface area contributed by atoms with E-state index in [2.05, 4.69) is 15.6 Å². The molecule has 6 nitrogen and oxygen atoms in total. The molecule has 1 amide bonds. The number of carbonyl (C=O) groups is 1. The minimum Gasteiger partial charge on any atom is -0.494 e. The zero-order chi connectivity index (χ0) is 19.5. The van der Waals surface area contributed by atoms with E-state index in [0.717, 1.165) is 56.8 Å². The molecule has 0 aromatic heterocycles. The lowest BCUT2D eigenvalue weighted by molar-refractivity contribution is -0.138. The summed E-state index contributed by atoms with van der Waals surface area (Å²) < 4.78 is 5.70. The Labute approximate surface area is 163 Å². The summed E-state index contributed by atoms with van der Waals surface area (Å²) in [5.74, 6) is 1.90. The number of carbonyl (C=O) groups excluding carboxylic acids is 1. The van der Waals surface area contributed by atoms with Crippen molar-refractivity contribution < 1.29 is 9.53 Å². The van der Waals surface area contributed by atoms with E-state index in [1.807, 2.05) is 44.4 Å². The van der Waals surface area contributed by atoms with Gasteiger partial charge in [0.2, 0.25) is 5.91 Å². The van der Waals surface area contributed by atoms with Gasteiger partial charge < -0.3 is 20.3 Å². The third kappa shape index (κ3) is 6.45. The van der Waals surface area contributed by atoms with Crippen molar-refractivity contribution in [2.45, 2.75) is 38.5 Å². The Morgan fingerprint density at radius 3 is 2.48 bits per heavy atom. The van der Waals surface area contributed by atoms with Crippen LogP contribution in [0.4, 0.5) is 0 Å². The van der Waals surface area contributed by atoms with Crippen LogP contribution in [0.2, 0.25) is 0 Å². The molecular weight excluding hydrogens is 340 g/mol.